The van der Waals surface area contributed by atoms with Crippen LogP contribution in [0.4, 0.5) is 0 Å². The second-order valence-electron chi connectivity index (χ2n) is 3.28. The Balaban J connectivity index is 2.62. The Morgan fingerprint density at radius 2 is 2.07 bits per heavy atom. The van der Waals surface area contributed by atoms with E-state index in [1.165, 1.54) is 0 Å². The van der Waals surface area contributed by atoms with Gasteiger partial charge >= 0.3 is 0 Å². The molecule has 4 N–H and O–H groups in total. The van der Waals surface area contributed by atoms with Crippen LogP contribution in [0.2, 0.25) is 0 Å². The van der Waals surface area contributed by atoms with Crippen molar-refractivity contribution in [3.05, 3.63) is 10.4 Å². The van der Waals surface area contributed by atoms with Gasteiger partial charge < -0.3 is 25.2 Å². The molecular formula is C7H13N3O5. The molecule has 0 aromatic heterocycles. The summed E-state index contributed by atoms with van der Waals surface area (Å²) in [5.74, 6) is 0. The smallest absolute Gasteiger partial charge is 0.115 e. The number of hydrogen-bond acceptors (Lipinski definition) is 6. The van der Waals surface area contributed by atoms with E-state index in [1.54, 1.807) is 0 Å². The fraction of sp³-hybridized carbons (Fsp3) is 1.00. The predicted octanol–water partition coefficient (Wildman–Crippen LogP) is -1.86. The van der Waals surface area contributed by atoms with Crippen molar-refractivity contribution < 1.29 is 25.2 Å². The zero-order chi connectivity index (χ0) is 11.4. The van der Waals surface area contributed by atoms with Gasteiger partial charge in [0.2, 0.25) is 0 Å². The summed E-state index contributed by atoms with van der Waals surface area (Å²) in [6.45, 7) is -0.716. The maximum Gasteiger partial charge on any atom is 0.115 e. The first-order valence-corrected chi connectivity index (χ1v) is 4.43. The molecule has 0 amide bonds. The van der Waals surface area contributed by atoms with Crippen molar-refractivity contribution in [1.82, 2.24) is 0 Å². The van der Waals surface area contributed by atoms with Crippen molar-refractivity contribution in [2.75, 3.05) is 13.2 Å². The van der Waals surface area contributed by atoms with Crippen molar-refractivity contribution in [2.24, 2.45) is 5.11 Å². The molecule has 0 aromatic rings. The van der Waals surface area contributed by atoms with Gasteiger partial charge in [-0.3, -0.25) is 0 Å². The molecule has 0 unspecified atom stereocenters. The zero-order valence-electron chi connectivity index (χ0n) is 7.84. The molecule has 0 saturated carbocycles. The molecule has 0 aliphatic carbocycles. The van der Waals surface area contributed by atoms with Crippen molar-refractivity contribution in [3.8, 4) is 0 Å². The third-order valence-corrected chi connectivity index (χ3v) is 2.29. The van der Waals surface area contributed by atoms with Crippen LogP contribution >= 0.6 is 0 Å². The van der Waals surface area contributed by atoms with Crippen molar-refractivity contribution >= 4 is 0 Å². The standard InChI is InChI=1S/C7H13N3O5/c8-10-9-1-4-5(13)6(14)7(15-4)3(12)2-11/h3-7,11-14H,1-2H2/t3-,4-,5-,6-,7-/m1/s1. The largest absolute Gasteiger partial charge is 0.394 e. The molecule has 0 radical (unpaired) electrons. The Kier molecular flexibility index (Phi) is 4.28. The molecule has 1 rings (SSSR count). The molecule has 8 heteroatoms. The van der Waals surface area contributed by atoms with E-state index in [9.17, 15) is 15.3 Å². The SMILES string of the molecule is [N-]=[N+]=NC[C@H]1O[C@H]([C@H](O)CO)[C@H](O)[C@@H]1O. The van der Waals surface area contributed by atoms with Crippen LogP contribution in [0.15, 0.2) is 5.11 Å². The second kappa shape index (κ2) is 5.26. The summed E-state index contributed by atoms with van der Waals surface area (Å²) in [4.78, 5) is 2.49. The van der Waals surface area contributed by atoms with Crippen LogP contribution in [0.5, 0.6) is 0 Å². The van der Waals surface area contributed by atoms with Crippen LogP contribution < -0.4 is 0 Å². The number of aliphatic hydroxyl groups is 4. The quantitative estimate of drug-likeness (QED) is 0.249. The molecular weight excluding hydrogens is 206 g/mol. The summed E-state index contributed by atoms with van der Waals surface area (Å²) in [7, 11) is 0. The molecule has 5 atom stereocenters. The van der Waals surface area contributed by atoms with Crippen LogP contribution in [0.3, 0.4) is 0 Å². The first-order chi connectivity index (χ1) is 7.11. The van der Waals surface area contributed by atoms with E-state index in [-0.39, 0.29) is 6.54 Å². The number of ether oxygens (including phenoxy) is 1. The van der Waals surface area contributed by atoms with E-state index in [2.05, 4.69) is 10.0 Å². The number of aliphatic hydroxyl groups excluding tert-OH is 4. The maximum atomic E-state index is 9.45. The number of rotatable bonds is 4. The van der Waals surface area contributed by atoms with E-state index in [4.69, 9.17) is 15.4 Å². The minimum Gasteiger partial charge on any atom is -0.394 e. The lowest BCUT2D eigenvalue weighted by molar-refractivity contribution is -0.0797. The summed E-state index contributed by atoms with van der Waals surface area (Å²) >= 11 is 0. The van der Waals surface area contributed by atoms with Crippen molar-refractivity contribution in [1.29, 1.82) is 0 Å². The fourth-order valence-electron chi connectivity index (χ4n) is 1.47. The molecule has 1 aliphatic rings. The van der Waals surface area contributed by atoms with Gasteiger partial charge in [-0.15, -0.1) is 0 Å². The van der Waals surface area contributed by atoms with Crippen LogP contribution in [0.25, 0.3) is 10.4 Å². The fourth-order valence-corrected chi connectivity index (χ4v) is 1.47. The summed E-state index contributed by atoms with van der Waals surface area (Å²) in [5, 5.41) is 40.0. The van der Waals surface area contributed by atoms with Gasteiger partial charge in [-0.2, -0.15) is 0 Å². The molecule has 0 spiro atoms. The van der Waals surface area contributed by atoms with E-state index < -0.39 is 37.1 Å². The Morgan fingerprint density at radius 3 is 2.60 bits per heavy atom. The number of nitrogens with zero attached hydrogens (tertiary/aromatic N) is 3. The minimum absolute atomic E-state index is 0.136. The lowest BCUT2D eigenvalue weighted by Gasteiger charge is -2.18. The highest BCUT2D eigenvalue weighted by Gasteiger charge is 2.45. The first kappa shape index (κ1) is 12.2. The van der Waals surface area contributed by atoms with Crippen molar-refractivity contribution in [2.45, 2.75) is 30.5 Å². The Labute approximate surface area is 85.3 Å². The van der Waals surface area contributed by atoms with Crippen LogP contribution in [-0.4, -0.2) is 64.1 Å². The Morgan fingerprint density at radius 1 is 1.40 bits per heavy atom. The molecule has 1 saturated heterocycles. The summed E-state index contributed by atoms with van der Waals surface area (Å²) in [5.41, 5.74) is 8.07. The minimum atomic E-state index is -1.30. The molecule has 0 bridgehead atoms. The van der Waals surface area contributed by atoms with Gasteiger partial charge in [0.1, 0.15) is 24.4 Å². The third-order valence-electron chi connectivity index (χ3n) is 2.29. The van der Waals surface area contributed by atoms with E-state index in [0.717, 1.165) is 0 Å². The van der Waals surface area contributed by atoms with Crippen LogP contribution in [0.1, 0.15) is 0 Å². The van der Waals surface area contributed by atoms with Crippen LogP contribution in [-0.2, 0) is 4.74 Å². The monoisotopic (exact) mass is 219 g/mol. The van der Waals surface area contributed by atoms with Crippen molar-refractivity contribution in [3.63, 3.8) is 0 Å². The highest BCUT2D eigenvalue weighted by molar-refractivity contribution is 4.94. The Hall–Kier alpha value is -0.890. The molecule has 1 heterocycles. The lowest BCUT2D eigenvalue weighted by Crippen LogP contribution is -2.40. The zero-order valence-corrected chi connectivity index (χ0v) is 7.84. The normalized spacial score (nSPS) is 37.3. The molecule has 1 aliphatic heterocycles. The maximum absolute atomic E-state index is 9.45. The average molecular weight is 219 g/mol. The summed E-state index contributed by atoms with van der Waals surface area (Å²) in [6, 6.07) is 0. The van der Waals surface area contributed by atoms with E-state index >= 15 is 0 Å². The van der Waals surface area contributed by atoms with E-state index in [1.807, 2.05) is 0 Å². The van der Waals surface area contributed by atoms with Gasteiger partial charge in [0.15, 0.2) is 0 Å². The van der Waals surface area contributed by atoms with Gasteiger partial charge in [-0.25, -0.2) is 0 Å². The first-order valence-electron chi connectivity index (χ1n) is 4.43. The topological polar surface area (TPSA) is 139 Å². The molecule has 0 aromatic carbocycles. The molecule has 8 nitrogen and oxygen atoms in total. The number of azide groups is 1. The number of hydrogen-bond donors (Lipinski definition) is 4. The van der Waals surface area contributed by atoms with Gasteiger partial charge in [0, 0.05) is 4.91 Å². The van der Waals surface area contributed by atoms with E-state index in [0.29, 0.717) is 0 Å². The summed E-state index contributed by atoms with van der Waals surface area (Å²) < 4.78 is 5.07. The second-order valence-corrected chi connectivity index (χ2v) is 3.28. The van der Waals surface area contributed by atoms with Crippen LogP contribution in [0, 0.1) is 0 Å². The summed E-state index contributed by atoms with van der Waals surface area (Å²) in [6.07, 6.45) is -5.73. The van der Waals surface area contributed by atoms with Gasteiger partial charge in [-0.1, -0.05) is 5.11 Å². The molecule has 1 fully saturated rings. The third kappa shape index (κ3) is 2.57. The molecule has 15 heavy (non-hydrogen) atoms. The van der Waals surface area contributed by atoms with Gasteiger partial charge in [-0.05, 0) is 5.53 Å². The average Bonchev–Trinajstić information content (AvgIpc) is 2.53. The predicted molar refractivity (Wildman–Crippen MR) is 47.8 cm³/mol. The lowest BCUT2D eigenvalue weighted by atomic mass is 10.0. The highest BCUT2D eigenvalue weighted by atomic mass is 16.6. The Bertz CT molecular complexity index is 257. The van der Waals surface area contributed by atoms with Gasteiger partial charge in [0.05, 0.1) is 19.3 Å². The highest BCUT2D eigenvalue weighted by Crippen LogP contribution is 2.23. The molecule has 86 valence electrons. The van der Waals surface area contributed by atoms with Gasteiger partial charge in [0.25, 0.3) is 0 Å².